The first kappa shape index (κ1) is 21.8. The number of benzene rings is 2. The number of hydrogen-bond donors (Lipinski definition) is 1. The highest BCUT2D eigenvalue weighted by Crippen LogP contribution is 2.29. The lowest BCUT2D eigenvalue weighted by molar-refractivity contribution is -0.124. The maximum absolute atomic E-state index is 13.1. The van der Waals surface area contributed by atoms with Crippen LogP contribution in [-0.4, -0.2) is 41.0 Å². The Bertz CT molecular complexity index is 964. The molecule has 1 heterocycles. The van der Waals surface area contributed by atoms with E-state index in [0.29, 0.717) is 34.7 Å². The highest BCUT2D eigenvalue weighted by Gasteiger charge is 2.43. The first-order chi connectivity index (χ1) is 14.4. The molecule has 1 fully saturated rings. The number of rotatable bonds is 8. The molecule has 1 N–H and O–H groups in total. The molecule has 6 nitrogen and oxygen atoms in total. The van der Waals surface area contributed by atoms with Gasteiger partial charge in [0, 0.05) is 17.3 Å². The first-order valence-electron chi connectivity index (χ1n) is 9.48. The van der Waals surface area contributed by atoms with E-state index in [1.165, 1.54) is 4.90 Å². The molecule has 30 heavy (non-hydrogen) atoms. The minimum absolute atomic E-state index is 0.0446. The van der Waals surface area contributed by atoms with Crippen LogP contribution in [-0.2, 0) is 9.59 Å². The fourth-order valence-electron chi connectivity index (χ4n) is 3.22. The first-order valence-corrected chi connectivity index (χ1v) is 10.3. The van der Waals surface area contributed by atoms with Gasteiger partial charge >= 0.3 is 0 Å². The summed E-state index contributed by atoms with van der Waals surface area (Å²) in [7, 11) is 0. The number of nitrogens with one attached hydrogen (secondary N) is 1. The van der Waals surface area contributed by atoms with Crippen molar-refractivity contribution in [1.82, 2.24) is 4.90 Å². The molecule has 2 aromatic rings. The van der Waals surface area contributed by atoms with Gasteiger partial charge in [0.05, 0.1) is 18.7 Å². The molecule has 0 spiro atoms. The second kappa shape index (κ2) is 9.73. The molecule has 1 saturated heterocycles. The summed E-state index contributed by atoms with van der Waals surface area (Å²) in [5, 5.41) is 3.63. The Morgan fingerprint density at radius 1 is 1.30 bits per heavy atom. The van der Waals surface area contributed by atoms with Gasteiger partial charge in [-0.25, -0.2) is 0 Å². The topological polar surface area (TPSA) is 61.9 Å². The molecule has 0 aromatic heterocycles. The Morgan fingerprint density at radius 3 is 2.67 bits per heavy atom. The van der Waals surface area contributed by atoms with E-state index in [2.05, 4.69) is 11.9 Å². The summed E-state index contributed by atoms with van der Waals surface area (Å²) < 4.78 is 5.40. The summed E-state index contributed by atoms with van der Waals surface area (Å²) in [5.74, 6) is 0.161. The molecule has 1 unspecified atom stereocenters. The van der Waals surface area contributed by atoms with Gasteiger partial charge in [-0.3, -0.25) is 14.5 Å². The normalized spacial score (nSPS) is 16.0. The largest absolute Gasteiger partial charge is 0.494 e. The standard InChI is InChI=1S/C22H22ClN3O3S/c1-3-12-25-19(14-20(27)24-16-8-10-18(11-9-16)29-4-2)21(28)26(22(25)30)17-7-5-6-15(23)13-17/h3,5-11,13,19H,1,4,12,14H2,2H3,(H,24,27). The van der Waals surface area contributed by atoms with Crippen molar-refractivity contribution in [3.63, 3.8) is 0 Å². The average molecular weight is 444 g/mol. The number of nitrogens with zero attached hydrogens (tertiary/aromatic N) is 2. The monoisotopic (exact) mass is 443 g/mol. The molecule has 156 valence electrons. The quantitative estimate of drug-likeness (QED) is 0.488. The molecule has 1 aliphatic heterocycles. The minimum atomic E-state index is -0.725. The van der Waals surface area contributed by atoms with Crippen LogP contribution in [0.15, 0.2) is 61.2 Å². The zero-order valence-corrected chi connectivity index (χ0v) is 18.1. The molecule has 1 atom stereocenters. The van der Waals surface area contributed by atoms with Gasteiger partial charge in [-0.1, -0.05) is 23.7 Å². The fourth-order valence-corrected chi connectivity index (χ4v) is 3.80. The maximum atomic E-state index is 13.1. The van der Waals surface area contributed by atoms with Crippen molar-refractivity contribution in [2.45, 2.75) is 19.4 Å². The lowest BCUT2D eigenvalue weighted by atomic mass is 10.1. The van der Waals surface area contributed by atoms with E-state index in [-0.39, 0.29) is 18.2 Å². The molecule has 8 heteroatoms. The molecule has 1 aliphatic rings. The van der Waals surface area contributed by atoms with Crippen molar-refractivity contribution in [2.24, 2.45) is 0 Å². The minimum Gasteiger partial charge on any atom is -0.494 e. The van der Waals surface area contributed by atoms with Crippen molar-refractivity contribution in [3.05, 3.63) is 66.2 Å². The van der Waals surface area contributed by atoms with Crippen molar-refractivity contribution >= 4 is 52.1 Å². The van der Waals surface area contributed by atoms with Crippen molar-refractivity contribution in [3.8, 4) is 5.75 Å². The number of ether oxygens (including phenoxy) is 1. The third-order valence-corrected chi connectivity index (χ3v) is 5.19. The van der Waals surface area contributed by atoms with E-state index in [4.69, 9.17) is 28.6 Å². The summed E-state index contributed by atoms with van der Waals surface area (Å²) >= 11 is 11.6. The highest BCUT2D eigenvalue weighted by molar-refractivity contribution is 7.80. The van der Waals surface area contributed by atoms with Gasteiger partial charge in [-0.05, 0) is 61.6 Å². The molecule has 3 rings (SSSR count). The van der Waals surface area contributed by atoms with Crippen LogP contribution >= 0.6 is 23.8 Å². The van der Waals surface area contributed by atoms with Crippen LogP contribution in [0.2, 0.25) is 5.02 Å². The molecular weight excluding hydrogens is 422 g/mol. The predicted molar refractivity (Wildman–Crippen MR) is 123 cm³/mol. The van der Waals surface area contributed by atoms with Crippen LogP contribution in [0.5, 0.6) is 5.75 Å². The van der Waals surface area contributed by atoms with Gasteiger partial charge in [-0.2, -0.15) is 0 Å². The molecule has 0 radical (unpaired) electrons. The molecule has 2 amide bonds. The second-order valence-electron chi connectivity index (χ2n) is 6.60. The van der Waals surface area contributed by atoms with Crippen molar-refractivity contribution in [2.75, 3.05) is 23.4 Å². The summed E-state index contributed by atoms with van der Waals surface area (Å²) in [6, 6.07) is 13.2. The Labute approximate surface area is 186 Å². The summed E-state index contributed by atoms with van der Waals surface area (Å²) in [6.07, 6.45) is 1.61. The predicted octanol–water partition coefficient (Wildman–Crippen LogP) is 4.26. The lowest BCUT2D eigenvalue weighted by Crippen LogP contribution is -2.37. The van der Waals surface area contributed by atoms with Gasteiger partial charge in [0.2, 0.25) is 5.91 Å². The lowest BCUT2D eigenvalue weighted by Gasteiger charge is -2.22. The van der Waals surface area contributed by atoms with E-state index < -0.39 is 6.04 Å². The number of thiocarbonyl (C=S) groups is 1. The van der Waals surface area contributed by atoms with Crippen LogP contribution in [0.3, 0.4) is 0 Å². The third-order valence-electron chi connectivity index (χ3n) is 4.54. The van der Waals surface area contributed by atoms with Gasteiger partial charge in [0.15, 0.2) is 5.11 Å². The number of anilines is 2. The van der Waals surface area contributed by atoms with E-state index in [0.717, 1.165) is 5.75 Å². The SMILES string of the molecule is C=CCN1C(=S)N(c2cccc(Cl)c2)C(=O)C1CC(=O)Nc1ccc(OCC)cc1. The number of hydrogen-bond acceptors (Lipinski definition) is 4. The van der Waals surface area contributed by atoms with Gasteiger partial charge < -0.3 is 15.0 Å². The van der Waals surface area contributed by atoms with Crippen molar-refractivity contribution in [1.29, 1.82) is 0 Å². The molecule has 0 saturated carbocycles. The van der Waals surface area contributed by atoms with E-state index >= 15 is 0 Å². The molecule has 0 bridgehead atoms. The molecule has 0 aliphatic carbocycles. The fraction of sp³-hybridized carbons (Fsp3) is 0.227. The average Bonchev–Trinajstić information content (AvgIpc) is 2.94. The Hall–Kier alpha value is -2.90. The number of carbonyl (C=O) groups is 2. The summed E-state index contributed by atoms with van der Waals surface area (Å²) in [4.78, 5) is 28.9. The van der Waals surface area contributed by atoms with Crippen LogP contribution < -0.4 is 15.0 Å². The van der Waals surface area contributed by atoms with Crippen LogP contribution in [0.4, 0.5) is 11.4 Å². The molecular formula is C22H22ClN3O3S. The van der Waals surface area contributed by atoms with E-state index in [1.807, 2.05) is 6.92 Å². The Morgan fingerprint density at radius 2 is 2.03 bits per heavy atom. The third kappa shape index (κ3) is 4.80. The van der Waals surface area contributed by atoms with Gasteiger partial charge in [-0.15, -0.1) is 6.58 Å². The number of carbonyl (C=O) groups excluding carboxylic acids is 2. The Balaban J connectivity index is 1.75. The van der Waals surface area contributed by atoms with E-state index in [1.54, 1.807) is 59.5 Å². The van der Waals surface area contributed by atoms with Crippen LogP contribution in [0.25, 0.3) is 0 Å². The molecule has 2 aromatic carbocycles. The smallest absolute Gasteiger partial charge is 0.256 e. The second-order valence-corrected chi connectivity index (χ2v) is 7.40. The zero-order valence-electron chi connectivity index (χ0n) is 16.5. The van der Waals surface area contributed by atoms with E-state index in [9.17, 15) is 9.59 Å². The van der Waals surface area contributed by atoms with Crippen molar-refractivity contribution < 1.29 is 14.3 Å². The maximum Gasteiger partial charge on any atom is 0.256 e. The van der Waals surface area contributed by atoms with Gasteiger partial charge in [0.1, 0.15) is 11.8 Å². The van der Waals surface area contributed by atoms with Crippen LogP contribution in [0.1, 0.15) is 13.3 Å². The number of halogens is 1. The van der Waals surface area contributed by atoms with Gasteiger partial charge in [0.25, 0.3) is 5.91 Å². The van der Waals surface area contributed by atoms with Crippen LogP contribution in [0, 0.1) is 0 Å². The number of amides is 2. The summed E-state index contributed by atoms with van der Waals surface area (Å²) in [5.41, 5.74) is 1.19. The zero-order chi connectivity index (χ0) is 21.7. The highest BCUT2D eigenvalue weighted by atomic mass is 35.5. The summed E-state index contributed by atoms with van der Waals surface area (Å²) in [6.45, 7) is 6.56. The Kier molecular flexibility index (Phi) is 7.07.